The van der Waals surface area contributed by atoms with Crippen molar-refractivity contribution in [3.05, 3.63) is 59.9 Å². The number of rotatable bonds is 7. The predicted molar refractivity (Wildman–Crippen MR) is 88.1 cm³/mol. The summed E-state index contributed by atoms with van der Waals surface area (Å²) in [7, 11) is -4.10. The molecule has 0 radical (unpaired) electrons. The Morgan fingerprint density at radius 2 is 1.88 bits per heavy atom. The van der Waals surface area contributed by atoms with Gasteiger partial charge in [0.2, 0.25) is 10.0 Å². The number of ketones is 1. The summed E-state index contributed by atoms with van der Waals surface area (Å²) in [5.74, 6) is -0.790. The van der Waals surface area contributed by atoms with E-state index in [0.29, 0.717) is 11.3 Å². The van der Waals surface area contributed by atoms with E-state index in [1.54, 1.807) is 24.3 Å². The second-order valence-electron chi connectivity index (χ2n) is 5.37. The van der Waals surface area contributed by atoms with Crippen LogP contribution in [0.2, 0.25) is 0 Å². The van der Waals surface area contributed by atoms with Gasteiger partial charge in [-0.1, -0.05) is 24.3 Å². The van der Waals surface area contributed by atoms with Gasteiger partial charge in [-0.15, -0.1) is 0 Å². The van der Waals surface area contributed by atoms with Gasteiger partial charge in [-0.2, -0.15) is 0 Å². The number of Topliss-reactive ketones (excluding diaryl/α,β-unsaturated/α-hetero) is 1. The van der Waals surface area contributed by atoms with Crippen LogP contribution in [0.3, 0.4) is 0 Å². The van der Waals surface area contributed by atoms with Crippen LogP contribution in [0.15, 0.2) is 53.4 Å². The van der Waals surface area contributed by atoms with E-state index in [9.17, 15) is 17.6 Å². The Labute approximate surface area is 140 Å². The Morgan fingerprint density at radius 3 is 2.54 bits per heavy atom. The molecule has 2 aromatic rings. The topological polar surface area (TPSA) is 72.5 Å². The van der Waals surface area contributed by atoms with Gasteiger partial charge >= 0.3 is 0 Å². The molecule has 0 fully saturated rings. The fourth-order valence-electron chi connectivity index (χ4n) is 2.02. The van der Waals surface area contributed by atoms with Crippen molar-refractivity contribution in [1.29, 1.82) is 0 Å². The maximum Gasteiger partial charge on any atom is 0.243 e. The molecule has 1 N–H and O–H groups in total. The van der Waals surface area contributed by atoms with Crippen molar-refractivity contribution in [3.63, 3.8) is 0 Å². The van der Waals surface area contributed by atoms with Crippen molar-refractivity contribution < 1.29 is 22.3 Å². The molecular weight excluding hydrogens is 333 g/mol. The first kappa shape index (κ1) is 18.1. The molecule has 24 heavy (non-hydrogen) atoms. The monoisotopic (exact) mass is 351 g/mol. The van der Waals surface area contributed by atoms with Crippen LogP contribution in [0.4, 0.5) is 4.39 Å². The number of hydrogen-bond donors (Lipinski definition) is 1. The van der Waals surface area contributed by atoms with E-state index in [4.69, 9.17) is 4.74 Å². The summed E-state index contributed by atoms with van der Waals surface area (Å²) < 4.78 is 45.3. The van der Waals surface area contributed by atoms with Crippen LogP contribution in [0.5, 0.6) is 5.75 Å². The van der Waals surface area contributed by atoms with Crippen molar-refractivity contribution in [2.24, 2.45) is 0 Å². The van der Waals surface area contributed by atoms with Gasteiger partial charge in [0.05, 0.1) is 12.6 Å². The van der Waals surface area contributed by atoms with Crippen LogP contribution in [0.25, 0.3) is 0 Å². The van der Waals surface area contributed by atoms with Crippen molar-refractivity contribution in [2.45, 2.75) is 24.8 Å². The van der Waals surface area contributed by atoms with Crippen LogP contribution >= 0.6 is 0 Å². The molecule has 128 valence electrons. The number of nitrogens with one attached hydrogen (secondary N) is 1. The average Bonchev–Trinajstić information content (AvgIpc) is 2.52. The van der Waals surface area contributed by atoms with E-state index in [-0.39, 0.29) is 6.10 Å². The maximum atomic E-state index is 13.6. The van der Waals surface area contributed by atoms with Crippen molar-refractivity contribution in [3.8, 4) is 5.75 Å². The number of carbonyl (C=O) groups excluding carboxylic acids is 1. The molecule has 0 aliphatic heterocycles. The molecule has 0 saturated heterocycles. The summed E-state index contributed by atoms with van der Waals surface area (Å²) in [6.45, 7) is 3.25. The minimum Gasteiger partial charge on any atom is -0.491 e. The second-order valence-corrected chi connectivity index (χ2v) is 7.11. The molecule has 0 aliphatic carbocycles. The zero-order chi connectivity index (χ0) is 17.7. The van der Waals surface area contributed by atoms with Gasteiger partial charge < -0.3 is 4.74 Å². The molecule has 0 saturated carbocycles. The third-order valence-electron chi connectivity index (χ3n) is 3.08. The molecule has 5 nitrogen and oxygen atoms in total. The van der Waals surface area contributed by atoms with Gasteiger partial charge in [0.25, 0.3) is 0 Å². The molecule has 0 unspecified atom stereocenters. The number of ether oxygens (including phenoxy) is 1. The van der Waals surface area contributed by atoms with Crippen molar-refractivity contribution in [1.82, 2.24) is 4.72 Å². The molecule has 0 heterocycles. The Morgan fingerprint density at radius 1 is 1.17 bits per heavy atom. The van der Waals surface area contributed by atoms with Gasteiger partial charge in [0, 0.05) is 5.56 Å². The molecule has 0 amide bonds. The zero-order valence-corrected chi connectivity index (χ0v) is 14.1. The molecule has 2 aromatic carbocycles. The Kier molecular flexibility index (Phi) is 5.69. The lowest BCUT2D eigenvalue weighted by molar-refractivity contribution is 0.0996. The average molecular weight is 351 g/mol. The van der Waals surface area contributed by atoms with Crippen LogP contribution in [0, 0.1) is 5.82 Å². The highest BCUT2D eigenvalue weighted by atomic mass is 32.2. The third kappa shape index (κ3) is 4.62. The predicted octanol–water partition coefficient (Wildman–Crippen LogP) is 2.77. The summed E-state index contributed by atoms with van der Waals surface area (Å²) >= 11 is 0. The largest absolute Gasteiger partial charge is 0.491 e. The Balaban J connectivity index is 2.09. The molecule has 0 spiro atoms. The third-order valence-corrected chi connectivity index (χ3v) is 4.51. The molecule has 0 aliphatic rings. The Bertz CT molecular complexity index is 834. The fraction of sp³-hybridized carbons (Fsp3) is 0.235. The molecule has 0 aromatic heterocycles. The highest BCUT2D eigenvalue weighted by Crippen LogP contribution is 2.16. The smallest absolute Gasteiger partial charge is 0.243 e. The first-order valence-corrected chi connectivity index (χ1v) is 8.82. The normalized spacial score (nSPS) is 11.5. The highest BCUT2D eigenvalue weighted by molar-refractivity contribution is 7.89. The number of carbonyl (C=O) groups is 1. The first-order chi connectivity index (χ1) is 11.3. The number of sulfonamides is 1. The van der Waals surface area contributed by atoms with Crippen LogP contribution in [-0.4, -0.2) is 26.8 Å². The van der Waals surface area contributed by atoms with Crippen LogP contribution < -0.4 is 9.46 Å². The van der Waals surface area contributed by atoms with Crippen molar-refractivity contribution in [2.75, 3.05) is 6.54 Å². The van der Waals surface area contributed by atoms with E-state index >= 15 is 0 Å². The molecule has 0 atom stereocenters. The quantitative estimate of drug-likeness (QED) is 0.779. The highest BCUT2D eigenvalue weighted by Gasteiger charge is 2.20. The van der Waals surface area contributed by atoms with Gasteiger partial charge in [-0.25, -0.2) is 17.5 Å². The van der Waals surface area contributed by atoms with Crippen LogP contribution in [0.1, 0.15) is 24.2 Å². The SMILES string of the molecule is CC(C)Oc1cccc(C(=O)CNS(=O)(=O)c2ccccc2F)c1. The lowest BCUT2D eigenvalue weighted by Gasteiger charge is -2.11. The minimum atomic E-state index is -4.10. The van der Waals surface area contributed by atoms with Gasteiger partial charge in [0.15, 0.2) is 5.78 Å². The lowest BCUT2D eigenvalue weighted by Crippen LogP contribution is -2.30. The van der Waals surface area contributed by atoms with E-state index in [1.165, 1.54) is 12.1 Å². The van der Waals surface area contributed by atoms with Gasteiger partial charge in [-0.3, -0.25) is 4.79 Å². The second kappa shape index (κ2) is 7.55. The van der Waals surface area contributed by atoms with Gasteiger partial charge in [-0.05, 0) is 38.1 Å². The molecule has 7 heteroatoms. The van der Waals surface area contributed by atoms with Crippen molar-refractivity contribution >= 4 is 15.8 Å². The van der Waals surface area contributed by atoms with Crippen LogP contribution in [-0.2, 0) is 10.0 Å². The zero-order valence-electron chi connectivity index (χ0n) is 13.3. The summed E-state index contributed by atoms with van der Waals surface area (Å²) in [5, 5.41) is 0. The summed E-state index contributed by atoms with van der Waals surface area (Å²) in [6.07, 6.45) is -0.0464. The minimum absolute atomic E-state index is 0.0464. The summed E-state index contributed by atoms with van der Waals surface area (Å²) in [6, 6.07) is 11.4. The molecule has 0 bridgehead atoms. The van der Waals surface area contributed by atoms with E-state index in [0.717, 1.165) is 12.1 Å². The number of hydrogen-bond acceptors (Lipinski definition) is 4. The lowest BCUT2D eigenvalue weighted by atomic mass is 10.1. The maximum absolute atomic E-state index is 13.6. The first-order valence-electron chi connectivity index (χ1n) is 7.34. The van der Waals surface area contributed by atoms with E-state index in [1.807, 2.05) is 13.8 Å². The summed E-state index contributed by atoms with van der Waals surface area (Å²) in [5.41, 5.74) is 0.310. The number of benzene rings is 2. The van der Waals surface area contributed by atoms with Gasteiger partial charge in [0.1, 0.15) is 16.5 Å². The molecule has 2 rings (SSSR count). The van der Waals surface area contributed by atoms with E-state index in [2.05, 4.69) is 4.72 Å². The van der Waals surface area contributed by atoms with E-state index < -0.39 is 33.1 Å². The standard InChI is InChI=1S/C17H18FNO4S/c1-12(2)23-14-7-5-6-13(10-14)16(20)11-19-24(21,22)17-9-4-3-8-15(17)18/h3-10,12,19H,11H2,1-2H3. The summed E-state index contributed by atoms with van der Waals surface area (Å²) in [4.78, 5) is 11.7. The molecular formula is C17H18FNO4S. The Hall–Kier alpha value is -2.25. The number of halogens is 1. The fourth-order valence-corrected chi connectivity index (χ4v) is 3.08.